The molecule has 1 fully saturated rings. The Kier molecular flexibility index (Phi) is 4.95. The minimum atomic E-state index is -2.62. The second-order valence-electron chi connectivity index (χ2n) is 6.83. The van der Waals surface area contributed by atoms with E-state index in [1.54, 1.807) is 6.92 Å². The molecule has 0 aromatic carbocycles. The molecule has 0 spiro atoms. The van der Waals surface area contributed by atoms with Gasteiger partial charge >= 0.3 is 0 Å². The SMILES string of the molecule is CCc1nn(CC2CC(F)(F)C2)c(C(=O)Nc2ccnc(C(N)=O)c2)c1C. The topological polar surface area (TPSA) is 103 Å². The number of rotatable bonds is 6. The fraction of sp³-hybridized carbons (Fsp3) is 0.444. The molecule has 2 aromatic rings. The maximum atomic E-state index is 13.1. The number of carbonyl (C=O) groups excluding carboxylic acids is 2. The summed E-state index contributed by atoms with van der Waals surface area (Å²) in [5, 5.41) is 7.13. The summed E-state index contributed by atoms with van der Waals surface area (Å²) < 4.78 is 27.8. The minimum absolute atomic E-state index is 0.0315. The van der Waals surface area contributed by atoms with Crippen LogP contribution in [0.1, 0.15) is 52.0 Å². The number of anilines is 1. The van der Waals surface area contributed by atoms with Crippen molar-refractivity contribution in [3.05, 3.63) is 41.0 Å². The monoisotopic (exact) mass is 377 g/mol. The molecule has 0 unspecified atom stereocenters. The van der Waals surface area contributed by atoms with Crippen molar-refractivity contribution in [2.45, 2.75) is 45.6 Å². The van der Waals surface area contributed by atoms with Crippen LogP contribution in [0.15, 0.2) is 18.3 Å². The number of nitrogens with zero attached hydrogens (tertiary/aromatic N) is 3. The van der Waals surface area contributed by atoms with Gasteiger partial charge in [0.1, 0.15) is 11.4 Å². The summed E-state index contributed by atoms with van der Waals surface area (Å²) in [4.78, 5) is 27.9. The Bertz CT molecular complexity index is 886. The summed E-state index contributed by atoms with van der Waals surface area (Å²) in [5.74, 6) is -3.96. The van der Waals surface area contributed by atoms with Gasteiger partial charge in [-0.2, -0.15) is 5.10 Å². The van der Waals surface area contributed by atoms with Crippen LogP contribution < -0.4 is 11.1 Å². The van der Waals surface area contributed by atoms with Gasteiger partial charge in [0.25, 0.3) is 11.8 Å². The molecule has 1 saturated carbocycles. The second-order valence-corrected chi connectivity index (χ2v) is 6.83. The first kappa shape index (κ1) is 18.9. The number of nitrogens with one attached hydrogen (secondary N) is 1. The molecular formula is C18H21F2N5O2. The van der Waals surface area contributed by atoms with E-state index in [0.717, 1.165) is 5.69 Å². The normalized spacial score (nSPS) is 16.0. The molecule has 0 aliphatic heterocycles. The summed E-state index contributed by atoms with van der Waals surface area (Å²) in [7, 11) is 0. The lowest BCUT2D eigenvalue weighted by Gasteiger charge is -2.34. The number of pyridine rings is 1. The van der Waals surface area contributed by atoms with Gasteiger partial charge in [-0.1, -0.05) is 6.92 Å². The van der Waals surface area contributed by atoms with Gasteiger partial charge in [0.15, 0.2) is 0 Å². The van der Waals surface area contributed by atoms with Crippen molar-refractivity contribution in [1.29, 1.82) is 0 Å². The number of hydrogen-bond donors (Lipinski definition) is 2. The quantitative estimate of drug-likeness (QED) is 0.807. The molecule has 2 aromatic heterocycles. The Labute approximate surface area is 155 Å². The average molecular weight is 377 g/mol. The van der Waals surface area contributed by atoms with Crippen LogP contribution in [0.2, 0.25) is 0 Å². The third kappa shape index (κ3) is 3.96. The first-order valence-electron chi connectivity index (χ1n) is 8.71. The molecule has 3 rings (SSSR count). The van der Waals surface area contributed by atoms with Crippen LogP contribution in [-0.4, -0.2) is 32.5 Å². The summed E-state index contributed by atoms with van der Waals surface area (Å²) in [6.07, 6.45) is 1.61. The lowest BCUT2D eigenvalue weighted by atomic mass is 9.81. The Balaban J connectivity index is 1.84. The molecule has 144 valence electrons. The number of carbonyl (C=O) groups is 2. The van der Waals surface area contributed by atoms with Gasteiger partial charge in [-0.05, 0) is 31.4 Å². The van der Waals surface area contributed by atoms with Crippen LogP contribution in [-0.2, 0) is 13.0 Å². The van der Waals surface area contributed by atoms with Crippen molar-refractivity contribution in [3.63, 3.8) is 0 Å². The maximum absolute atomic E-state index is 13.1. The Morgan fingerprint density at radius 3 is 2.70 bits per heavy atom. The molecule has 0 radical (unpaired) electrons. The van der Waals surface area contributed by atoms with Gasteiger partial charge in [-0.25, -0.2) is 8.78 Å². The van der Waals surface area contributed by atoms with Crippen LogP contribution in [0.4, 0.5) is 14.5 Å². The van der Waals surface area contributed by atoms with Crippen LogP contribution in [0.5, 0.6) is 0 Å². The van der Waals surface area contributed by atoms with E-state index >= 15 is 0 Å². The molecule has 2 amide bonds. The predicted octanol–water partition coefficient (Wildman–Crippen LogP) is 2.55. The van der Waals surface area contributed by atoms with Gasteiger partial charge < -0.3 is 11.1 Å². The fourth-order valence-corrected chi connectivity index (χ4v) is 3.35. The van der Waals surface area contributed by atoms with Crippen molar-refractivity contribution in [2.75, 3.05) is 5.32 Å². The lowest BCUT2D eigenvalue weighted by molar-refractivity contribution is -0.114. The predicted molar refractivity (Wildman–Crippen MR) is 94.7 cm³/mol. The zero-order valence-corrected chi connectivity index (χ0v) is 15.1. The summed E-state index contributed by atoms with van der Waals surface area (Å²) in [5.41, 5.74) is 7.39. The minimum Gasteiger partial charge on any atom is -0.364 e. The second kappa shape index (κ2) is 7.05. The molecule has 3 N–H and O–H groups in total. The van der Waals surface area contributed by atoms with Gasteiger partial charge in [-0.15, -0.1) is 0 Å². The highest BCUT2D eigenvalue weighted by molar-refractivity contribution is 6.04. The number of hydrogen-bond acceptors (Lipinski definition) is 4. The Morgan fingerprint density at radius 2 is 2.11 bits per heavy atom. The summed E-state index contributed by atoms with van der Waals surface area (Å²) in [6.45, 7) is 3.97. The first-order chi connectivity index (χ1) is 12.7. The molecule has 0 atom stereocenters. The highest BCUT2D eigenvalue weighted by Gasteiger charge is 2.45. The standard InChI is InChI=1S/C18H21F2N5O2/c1-3-13-10(2)15(25(24-13)9-11-7-18(19,20)8-11)17(27)23-12-4-5-22-14(6-12)16(21)26/h4-6,11H,3,7-9H2,1-2H3,(H2,21,26)(H,22,23,27). The molecule has 27 heavy (non-hydrogen) atoms. The van der Waals surface area contributed by atoms with Crippen LogP contribution in [0.25, 0.3) is 0 Å². The Morgan fingerprint density at radius 1 is 1.41 bits per heavy atom. The number of primary amides is 1. The molecule has 1 aliphatic rings. The van der Waals surface area contributed by atoms with Gasteiger partial charge in [0.2, 0.25) is 5.92 Å². The van der Waals surface area contributed by atoms with E-state index in [2.05, 4.69) is 15.4 Å². The van der Waals surface area contributed by atoms with Crippen molar-refractivity contribution >= 4 is 17.5 Å². The van der Waals surface area contributed by atoms with Gasteiger partial charge in [0, 0.05) is 36.8 Å². The van der Waals surface area contributed by atoms with E-state index in [1.165, 1.54) is 23.0 Å². The lowest BCUT2D eigenvalue weighted by Crippen LogP contribution is -2.38. The average Bonchev–Trinajstić information content (AvgIpc) is 2.89. The molecule has 0 saturated heterocycles. The third-order valence-corrected chi connectivity index (χ3v) is 4.71. The molecule has 9 heteroatoms. The molecular weight excluding hydrogens is 356 g/mol. The highest BCUT2D eigenvalue weighted by atomic mass is 19.3. The van der Waals surface area contributed by atoms with Crippen molar-refractivity contribution in [3.8, 4) is 0 Å². The summed E-state index contributed by atoms with van der Waals surface area (Å²) in [6, 6.07) is 2.91. The maximum Gasteiger partial charge on any atom is 0.274 e. The molecule has 2 heterocycles. The zero-order chi connectivity index (χ0) is 19.8. The van der Waals surface area contributed by atoms with Crippen LogP contribution in [0, 0.1) is 12.8 Å². The van der Waals surface area contributed by atoms with E-state index in [9.17, 15) is 18.4 Å². The third-order valence-electron chi connectivity index (χ3n) is 4.71. The fourth-order valence-electron chi connectivity index (χ4n) is 3.35. The number of aryl methyl sites for hydroxylation is 1. The van der Waals surface area contributed by atoms with E-state index in [0.29, 0.717) is 23.4 Å². The van der Waals surface area contributed by atoms with E-state index < -0.39 is 17.7 Å². The number of alkyl halides is 2. The van der Waals surface area contributed by atoms with E-state index in [-0.39, 0.29) is 31.0 Å². The first-order valence-corrected chi connectivity index (χ1v) is 8.71. The largest absolute Gasteiger partial charge is 0.364 e. The molecule has 0 bridgehead atoms. The number of halogens is 2. The summed E-state index contributed by atoms with van der Waals surface area (Å²) >= 11 is 0. The number of amides is 2. The van der Waals surface area contributed by atoms with Gasteiger partial charge in [0.05, 0.1) is 5.69 Å². The van der Waals surface area contributed by atoms with E-state index in [4.69, 9.17) is 5.73 Å². The number of nitrogens with two attached hydrogens (primary N) is 1. The van der Waals surface area contributed by atoms with Crippen molar-refractivity contribution in [2.24, 2.45) is 11.7 Å². The smallest absolute Gasteiger partial charge is 0.274 e. The number of aromatic nitrogens is 3. The Hall–Kier alpha value is -2.84. The van der Waals surface area contributed by atoms with E-state index in [1.807, 2.05) is 6.92 Å². The van der Waals surface area contributed by atoms with Crippen LogP contribution in [0.3, 0.4) is 0 Å². The highest BCUT2D eigenvalue weighted by Crippen LogP contribution is 2.43. The van der Waals surface area contributed by atoms with Gasteiger partial charge in [-0.3, -0.25) is 19.3 Å². The molecule has 1 aliphatic carbocycles. The zero-order valence-electron chi connectivity index (χ0n) is 15.1. The van der Waals surface area contributed by atoms with Crippen molar-refractivity contribution in [1.82, 2.24) is 14.8 Å². The van der Waals surface area contributed by atoms with Crippen LogP contribution >= 0.6 is 0 Å². The molecule has 7 nitrogen and oxygen atoms in total. The van der Waals surface area contributed by atoms with Crippen molar-refractivity contribution < 1.29 is 18.4 Å².